The van der Waals surface area contributed by atoms with E-state index in [1.165, 1.54) is 9.69 Å². The largest absolute Gasteiger partial charge is 0.454 e. The normalized spacial score (nSPS) is 19.8. The minimum atomic E-state index is -0.551. The Morgan fingerprint density at radius 3 is 2.62 bits per heavy atom. The summed E-state index contributed by atoms with van der Waals surface area (Å²) in [5, 5.41) is 10.8. The van der Waals surface area contributed by atoms with Gasteiger partial charge in [-0.05, 0) is 56.0 Å². The third-order valence-electron chi connectivity index (χ3n) is 6.32. The summed E-state index contributed by atoms with van der Waals surface area (Å²) < 4.78 is 12.1. The summed E-state index contributed by atoms with van der Waals surface area (Å²) in [4.78, 5) is 39.7. The van der Waals surface area contributed by atoms with E-state index in [4.69, 9.17) is 9.47 Å². The van der Waals surface area contributed by atoms with Crippen molar-refractivity contribution >= 4 is 11.7 Å². The predicted octanol–water partition coefficient (Wildman–Crippen LogP) is 2.72. The number of carbonyl (C=O) groups excluding carboxylic acids is 2. The molecule has 162 valence electrons. The van der Waals surface area contributed by atoms with Gasteiger partial charge in [0.2, 0.25) is 12.7 Å². The van der Waals surface area contributed by atoms with Gasteiger partial charge in [-0.25, -0.2) is 9.69 Å². The van der Waals surface area contributed by atoms with E-state index < -0.39 is 11.5 Å². The summed E-state index contributed by atoms with van der Waals surface area (Å²) in [5.74, 6) is 0.483. The number of rotatable bonds is 2. The molecule has 0 radical (unpaired) electrons. The van der Waals surface area contributed by atoms with Crippen LogP contribution in [0.15, 0.2) is 40.3 Å². The number of fused-ring (bicyclic) bond motifs is 1. The molecule has 0 bridgehead atoms. The van der Waals surface area contributed by atoms with Crippen molar-refractivity contribution in [2.45, 2.75) is 45.4 Å². The average Bonchev–Trinajstić information content (AvgIpc) is 3.23. The molecule has 5 rings (SSSR count). The van der Waals surface area contributed by atoms with Gasteiger partial charge in [-0.2, -0.15) is 5.26 Å². The van der Waals surface area contributed by atoms with Gasteiger partial charge in [0.15, 0.2) is 17.3 Å². The number of hydrogen-bond acceptors (Lipinski definition) is 6. The fourth-order valence-electron chi connectivity index (χ4n) is 4.89. The van der Waals surface area contributed by atoms with E-state index in [0.29, 0.717) is 53.3 Å². The lowest BCUT2D eigenvalue weighted by Crippen LogP contribution is -2.52. The molecule has 0 saturated carbocycles. The number of ketones is 1. The van der Waals surface area contributed by atoms with Crippen molar-refractivity contribution in [1.82, 2.24) is 4.68 Å². The summed E-state index contributed by atoms with van der Waals surface area (Å²) in [6.45, 7) is 3.55. The van der Waals surface area contributed by atoms with E-state index in [9.17, 15) is 19.6 Å². The van der Waals surface area contributed by atoms with Crippen molar-refractivity contribution in [3.8, 4) is 17.6 Å². The SMILES string of the molecule is Cc1cc(C)n(N2C(=O)CC(c3ccc4c(c3)OCO4)C3=C2CCCC3=O)c(=O)c1C#N. The zero-order chi connectivity index (χ0) is 22.6. The second-order valence-corrected chi connectivity index (χ2v) is 8.28. The molecule has 2 aliphatic heterocycles. The molecule has 8 nitrogen and oxygen atoms in total. The molecule has 0 fully saturated rings. The van der Waals surface area contributed by atoms with E-state index in [2.05, 4.69) is 0 Å². The smallest absolute Gasteiger partial charge is 0.288 e. The number of ether oxygens (including phenoxy) is 2. The van der Waals surface area contributed by atoms with Gasteiger partial charge in [0.25, 0.3) is 5.56 Å². The van der Waals surface area contributed by atoms with Crippen LogP contribution < -0.4 is 20.0 Å². The van der Waals surface area contributed by atoms with E-state index in [1.54, 1.807) is 26.0 Å². The topological polar surface area (TPSA) is 102 Å². The highest BCUT2D eigenvalue weighted by molar-refractivity contribution is 6.04. The van der Waals surface area contributed by atoms with Crippen molar-refractivity contribution in [2.24, 2.45) is 0 Å². The van der Waals surface area contributed by atoms with E-state index in [1.807, 2.05) is 18.2 Å². The van der Waals surface area contributed by atoms with Gasteiger partial charge in [-0.3, -0.25) is 14.4 Å². The van der Waals surface area contributed by atoms with Crippen LogP contribution in [0.2, 0.25) is 0 Å². The Morgan fingerprint density at radius 1 is 1.06 bits per heavy atom. The predicted molar refractivity (Wildman–Crippen MR) is 114 cm³/mol. The van der Waals surface area contributed by atoms with Crippen LogP contribution in [0.1, 0.15) is 54.0 Å². The minimum absolute atomic E-state index is 0.00872. The fraction of sp³-hybridized carbons (Fsp3) is 0.333. The number of benzene rings is 1. The maximum absolute atomic E-state index is 13.4. The average molecular weight is 431 g/mol. The van der Waals surface area contributed by atoms with E-state index in [0.717, 1.165) is 5.56 Å². The van der Waals surface area contributed by atoms with Crippen LogP contribution in [0.4, 0.5) is 0 Å². The summed E-state index contributed by atoms with van der Waals surface area (Å²) in [5.41, 5.74) is 2.43. The second kappa shape index (κ2) is 7.38. The maximum atomic E-state index is 13.4. The Hall–Kier alpha value is -3.86. The molecule has 1 amide bonds. The first-order valence-corrected chi connectivity index (χ1v) is 10.5. The number of hydrogen-bond donors (Lipinski definition) is 0. The summed E-state index contributed by atoms with van der Waals surface area (Å²) in [7, 11) is 0. The maximum Gasteiger partial charge on any atom is 0.288 e. The van der Waals surface area contributed by atoms with Crippen molar-refractivity contribution in [2.75, 3.05) is 11.8 Å². The first-order chi connectivity index (χ1) is 15.4. The Balaban J connectivity index is 1.70. The first-order valence-electron chi connectivity index (χ1n) is 10.5. The third kappa shape index (κ3) is 2.93. The molecule has 1 atom stereocenters. The fourth-order valence-corrected chi connectivity index (χ4v) is 4.89. The molecule has 0 N–H and O–H groups in total. The highest BCUT2D eigenvalue weighted by Crippen LogP contribution is 2.43. The number of pyridine rings is 1. The van der Waals surface area contributed by atoms with Crippen molar-refractivity contribution in [3.05, 3.63) is 68.3 Å². The minimum Gasteiger partial charge on any atom is -0.454 e. The zero-order valence-corrected chi connectivity index (χ0v) is 17.8. The highest BCUT2D eigenvalue weighted by atomic mass is 16.7. The number of amides is 1. The summed E-state index contributed by atoms with van der Waals surface area (Å²) in [6.07, 6.45) is 1.52. The van der Waals surface area contributed by atoms with Crippen molar-refractivity contribution in [3.63, 3.8) is 0 Å². The van der Waals surface area contributed by atoms with Crippen LogP contribution >= 0.6 is 0 Å². The summed E-state index contributed by atoms with van der Waals surface area (Å²) in [6, 6.07) is 9.11. The quantitative estimate of drug-likeness (QED) is 0.725. The van der Waals surface area contributed by atoms with Gasteiger partial charge in [0, 0.05) is 30.0 Å². The lowest BCUT2D eigenvalue weighted by Gasteiger charge is -2.39. The Morgan fingerprint density at radius 2 is 1.84 bits per heavy atom. The van der Waals surface area contributed by atoms with Gasteiger partial charge < -0.3 is 9.47 Å². The van der Waals surface area contributed by atoms with Crippen LogP contribution in [0, 0.1) is 25.2 Å². The zero-order valence-electron chi connectivity index (χ0n) is 17.8. The van der Waals surface area contributed by atoms with Crippen LogP contribution in [0.3, 0.4) is 0 Å². The third-order valence-corrected chi connectivity index (χ3v) is 6.32. The number of Topliss-reactive ketones (excluding diaryl/α,β-unsaturated/α-hetero) is 1. The lowest BCUT2D eigenvalue weighted by atomic mass is 9.77. The molecule has 3 heterocycles. The number of carbonyl (C=O) groups is 2. The van der Waals surface area contributed by atoms with Crippen LogP contribution in [0.25, 0.3) is 0 Å². The highest BCUT2D eigenvalue weighted by Gasteiger charge is 2.41. The van der Waals surface area contributed by atoms with E-state index >= 15 is 0 Å². The Labute approximate surface area is 184 Å². The summed E-state index contributed by atoms with van der Waals surface area (Å²) >= 11 is 0. The lowest BCUT2D eigenvalue weighted by molar-refractivity contribution is -0.121. The molecule has 32 heavy (non-hydrogen) atoms. The Bertz CT molecular complexity index is 1310. The standard InChI is InChI=1S/C24H21N3O5/c1-13-8-14(2)26(24(30)17(13)11-25)27-18-4-3-5-19(28)23(18)16(10-22(27)29)15-6-7-20-21(9-15)32-12-31-20/h6-9,16H,3-5,10,12H2,1-2H3. The molecular weight excluding hydrogens is 410 g/mol. The molecule has 1 aromatic heterocycles. The monoisotopic (exact) mass is 431 g/mol. The molecule has 8 heteroatoms. The molecule has 0 saturated heterocycles. The number of allylic oxidation sites excluding steroid dienone is 2. The molecule has 2 aromatic rings. The number of aromatic nitrogens is 1. The van der Waals surface area contributed by atoms with Gasteiger partial charge >= 0.3 is 0 Å². The molecule has 1 aliphatic carbocycles. The molecular formula is C24H21N3O5. The van der Waals surface area contributed by atoms with Gasteiger partial charge in [-0.15, -0.1) is 0 Å². The van der Waals surface area contributed by atoms with E-state index in [-0.39, 0.29) is 30.5 Å². The van der Waals surface area contributed by atoms with Gasteiger partial charge in [0.1, 0.15) is 11.6 Å². The van der Waals surface area contributed by atoms with Crippen molar-refractivity contribution < 1.29 is 19.1 Å². The van der Waals surface area contributed by atoms with Crippen molar-refractivity contribution in [1.29, 1.82) is 5.26 Å². The number of aryl methyl sites for hydroxylation is 2. The Kier molecular flexibility index (Phi) is 4.63. The van der Waals surface area contributed by atoms with Gasteiger partial charge in [0.05, 0.1) is 5.70 Å². The second-order valence-electron chi connectivity index (χ2n) is 8.28. The van der Waals surface area contributed by atoms with Gasteiger partial charge in [-0.1, -0.05) is 6.07 Å². The first kappa shape index (κ1) is 20.1. The number of nitrogens with zero attached hydrogens (tertiary/aromatic N) is 3. The molecule has 1 unspecified atom stereocenters. The molecule has 1 aromatic carbocycles. The van der Waals surface area contributed by atoms with Crippen LogP contribution in [0.5, 0.6) is 11.5 Å². The van der Waals surface area contributed by atoms with Crippen LogP contribution in [-0.2, 0) is 9.59 Å². The molecule has 0 spiro atoms. The van der Waals surface area contributed by atoms with Crippen LogP contribution in [-0.4, -0.2) is 23.2 Å². The molecule has 3 aliphatic rings. The number of nitriles is 1.